The third kappa shape index (κ3) is 3.05. The third-order valence-corrected chi connectivity index (χ3v) is 2.32. The molecule has 0 saturated heterocycles. The third-order valence-electron chi connectivity index (χ3n) is 2.12. The number of benzene rings is 1. The Balaban J connectivity index is 2.07. The molecule has 2 aromatic rings. The van der Waals surface area contributed by atoms with E-state index in [0.29, 0.717) is 5.82 Å². The molecule has 0 spiro atoms. The van der Waals surface area contributed by atoms with Crippen molar-refractivity contribution in [1.29, 1.82) is 0 Å². The molecule has 0 unspecified atom stereocenters. The maximum atomic E-state index is 10.4. The minimum atomic E-state index is -1.21. The summed E-state index contributed by atoms with van der Waals surface area (Å²) in [5.74, 6) is 0.521. The fraction of sp³-hybridized carbons (Fsp3) is 0. The van der Waals surface area contributed by atoms with E-state index in [1.807, 2.05) is 35.6 Å². The van der Waals surface area contributed by atoms with Crippen LogP contribution < -0.4 is 10.6 Å². The lowest BCUT2D eigenvalue weighted by Crippen LogP contribution is -2.32. The highest BCUT2D eigenvalue weighted by atomic mass is 32.1. The zero-order chi connectivity index (χ0) is 13.0. The van der Waals surface area contributed by atoms with E-state index in [1.54, 1.807) is 6.07 Å². The van der Waals surface area contributed by atoms with Gasteiger partial charge in [-0.05, 0) is 12.2 Å². The number of aromatic amines is 1. The van der Waals surface area contributed by atoms with Crippen molar-refractivity contribution in [2.45, 2.75) is 0 Å². The highest BCUT2D eigenvalue weighted by Gasteiger charge is 2.06. The predicted molar refractivity (Wildman–Crippen MR) is 71.4 cm³/mol. The van der Waals surface area contributed by atoms with Gasteiger partial charge in [-0.3, -0.25) is 10.4 Å². The molecule has 6 nitrogen and oxygen atoms in total. The SMILES string of the molecule is O=C(O)NC(=S)Nc1cc(-c2ccccc2)n[nH]1. The van der Waals surface area contributed by atoms with Gasteiger partial charge in [-0.2, -0.15) is 5.10 Å². The van der Waals surface area contributed by atoms with Crippen molar-refractivity contribution < 1.29 is 9.90 Å². The minimum Gasteiger partial charge on any atom is -0.465 e. The number of nitrogens with one attached hydrogen (secondary N) is 3. The van der Waals surface area contributed by atoms with Crippen molar-refractivity contribution in [2.24, 2.45) is 0 Å². The van der Waals surface area contributed by atoms with Gasteiger partial charge in [0.25, 0.3) is 0 Å². The summed E-state index contributed by atoms with van der Waals surface area (Å²) in [5.41, 5.74) is 1.70. The fourth-order valence-electron chi connectivity index (χ4n) is 1.39. The molecule has 0 aliphatic heterocycles. The van der Waals surface area contributed by atoms with Crippen LogP contribution in [0.2, 0.25) is 0 Å². The van der Waals surface area contributed by atoms with Gasteiger partial charge >= 0.3 is 6.09 Å². The van der Waals surface area contributed by atoms with E-state index >= 15 is 0 Å². The molecule has 7 heteroatoms. The first-order valence-corrected chi connectivity index (χ1v) is 5.48. The van der Waals surface area contributed by atoms with Gasteiger partial charge in [0.05, 0.1) is 5.69 Å². The summed E-state index contributed by atoms with van der Waals surface area (Å²) in [7, 11) is 0. The van der Waals surface area contributed by atoms with E-state index in [-0.39, 0.29) is 5.11 Å². The van der Waals surface area contributed by atoms with Gasteiger partial charge in [-0.15, -0.1) is 0 Å². The first kappa shape index (κ1) is 12.1. The van der Waals surface area contributed by atoms with Crippen LogP contribution in [-0.4, -0.2) is 26.5 Å². The maximum Gasteiger partial charge on any atom is 0.410 e. The van der Waals surface area contributed by atoms with Crippen LogP contribution in [0, 0.1) is 0 Å². The Hall–Kier alpha value is -2.41. The van der Waals surface area contributed by atoms with Crippen LogP contribution >= 0.6 is 12.2 Å². The molecule has 0 fully saturated rings. The zero-order valence-corrected chi connectivity index (χ0v) is 9.99. The van der Waals surface area contributed by atoms with Crippen molar-refractivity contribution in [2.75, 3.05) is 5.32 Å². The molecule has 2 rings (SSSR count). The molecule has 4 N–H and O–H groups in total. The largest absolute Gasteiger partial charge is 0.465 e. The number of aromatic nitrogens is 2. The number of carboxylic acid groups (broad SMARTS) is 1. The molecular formula is C11H10N4O2S. The number of nitrogens with zero attached hydrogens (tertiary/aromatic N) is 1. The van der Waals surface area contributed by atoms with Crippen molar-refractivity contribution in [1.82, 2.24) is 15.5 Å². The van der Waals surface area contributed by atoms with E-state index < -0.39 is 6.09 Å². The fourth-order valence-corrected chi connectivity index (χ4v) is 1.59. The summed E-state index contributed by atoms with van der Waals surface area (Å²) in [5, 5.41) is 20.0. The van der Waals surface area contributed by atoms with Crippen molar-refractivity contribution in [3.05, 3.63) is 36.4 Å². The molecule has 0 radical (unpaired) electrons. The number of carbonyl (C=O) groups is 1. The summed E-state index contributed by atoms with van der Waals surface area (Å²) in [6, 6.07) is 11.3. The summed E-state index contributed by atoms with van der Waals surface area (Å²) < 4.78 is 0. The predicted octanol–water partition coefficient (Wildman–Crippen LogP) is 2.04. The number of amides is 1. The van der Waals surface area contributed by atoms with Crippen LogP contribution in [0.25, 0.3) is 11.3 Å². The van der Waals surface area contributed by atoms with Crippen LogP contribution in [-0.2, 0) is 0 Å². The van der Waals surface area contributed by atoms with E-state index in [2.05, 4.69) is 15.5 Å². The second-order valence-corrected chi connectivity index (χ2v) is 3.83. The van der Waals surface area contributed by atoms with Crippen LogP contribution in [0.3, 0.4) is 0 Å². The highest BCUT2D eigenvalue weighted by Crippen LogP contribution is 2.18. The maximum absolute atomic E-state index is 10.4. The zero-order valence-electron chi connectivity index (χ0n) is 9.18. The van der Waals surface area contributed by atoms with Crippen molar-refractivity contribution in [3.63, 3.8) is 0 Å². The summed E-state index contributed by atoms with van der Waals surface area (Å²) in [6.07, 6.45) is -1.21. The van der Waals surface area contributed by atoms with Crippen molar-refractivity contribution in [3.8, 4) is 11.3 Å². The molecule has 1 heterocycles. The second-order valence-electron chi connectivity index (χ2n) is 3.42. The summed E-state index contributed by atoms with van der Waals surface area (Å²) in [4.78, 5) is 10.4. The van der Waals surface area contributed by atoms with Gasteiger partial charge in [-0.25, -0.2) is 4.79 Å². The number of anilines is 1. The molecular weight excluding hydrogens is 252 g/mol. The van der Waals surface area contributed by atoms with Gasteiger partial charge in [0.2, 0.25) is 0 Å². The lowest BCUT2D eigenvalue weighted by atomic mass is 10.2. The molecule has 1 aromatic heterocycles. The molecule has 0 aliphatic rings. The van der Waals surface area contributed by atoms with Gasteiger partial charge < -0.3 is 10.4 Å². The Morgan fingerprint density at radius 2 is 2.06 bits per heavy atom. The van der Waals surface area contributed by atoms with Gasteiger partial charge in [0.1, 0.15) is 5.82 Å². The first-order chi connectivity index (χ1) is 8.65. The standard InChI is InChI=1S/C11H10N4O2S/c16-11(17)13-10(18)12-9-6-8(14-15-9)7-4-2-1-3-5-7/h1-6H,(H,16,17)(H3,12,13,14,15,18). The van der Waals surface area contributed by atoms with Crippen LogP contribution in [0.4, 0.5) is 10.6 Å². The number of H-pyrrole nitrogens is 1. The van der Waals surface area contributed by atoms with Gasteiger partial charge in [0, 0.05) is 11.6 Å². The Bertz CT molecular complexity index is 567. The number of hydrogen-bond acceptors (Lipinski definition) is 3. The van der Waals surface area contributed by atoms with E-state index in [4.69, 9.17) is 17.3 Å². The monoisotopic (exact) mass is 262 g/mol. The summed E-state index contributed by atoms with van der Waals surface area (Å²) in [6.45, 7) is 0. The van der Waals surface area contributed by atoms with E-state index in [9.17, 15) is 4.79 Å². The Kier molecular flexibility index (Phi) is 3.54. The number of rotatable bonds is 2. The Morgan fingerprint density at radius 3 is 2.72 bits per heavy atom. The molecule has 1 aromatic carbocycles. The Labute approximate surface area is 108 Å². The number of hydrogen-bond donors (Lipinski definition) is 4. The lowest BCUT2D eigenvalue weighted by Gasteiger charge is -2.03. The molecule has 0 bridgehead atoms. The highest BCUT2D eigenvalue weighted by molar-refractivity contribution is 7.80. The van der Waals surface area contributed by atoms with Gasteiger partial charge in [0.15, 0.2) is 5.11 Å². The molecule has 92 valence electrons. The molecule has 1 amide bonds. The normalized spacial score (nSPS) is 9.78. The van der Waals surface area contributed by atoms with Crippen LogP contribution in [0.15, 0.2) is 36.4 Å². The van der Waals surface area contributed by atoms with E-state index in [1.165, 1.54) is 0 Å². The Morgan fingerprint density at radius 1 is 1.33 bits per heavy atom. The molecule has 0 aliphatic carbocycles. The summed E-state index contributed by atoms with van der Waals surface area (Å²) >= 11 is 4.79. The molecule has 0 saturated carbocycles. The number of thiocarbonyl (C=S) groups is 1. The molecule has 18 heavy (non-hydrogen) atoms. The van der Waals surface area contributed by atoms with E-state index in [0.717, 1.165) is 11.3 Å². The smallest absolute Gasteiger partial charge is 0.410 e. The molecule has 0 atom stereocenters. The topological polar surface area (TPSA) is 90.0 Å². The average molecular weight is 262 g/mol. The average Bonchev–Trinajstić information content (AvgIpc) is 2.77. The first-order valence-electron chi connectivity index (χ1n) is 5.07. The minimum absolute atomic E-state index is 0.00855. The second kappa shape index (κ2) is 5.28. The lowest BCUT2D eigenvalue weighted by molar-refractivity contribution is 0.200. The van der Waals surface area contributed by atoms with Crippen molar-refractivity contribution >= 4 is 29.2 Å². The van der Waals surface area contributed by atoms with Crippen LogP contribution in [0.1, 0.15) is 0 Å². The van der Waals surface area contributed by atoms with Gasteiger partial charge in [-0.1, -0.05) is 30.3 Å². The van der Waals surface area contributed by atoms with Crippen LogP contribution in [0.5, 0.6) is 0 Å². The quantitative estimate of drug-likeness (QED) is 0.622.